The van der Waals surface area contributed by atoms with Crippen LogP contribution in [0.2, 0.25) is 0 Å². The minimum absolute atomic E-state index is 0. The molecule has 1 atom stereocenters. The van der Waals surface area contributed by atoms with E-state index in [1.807, 2.05) is 50.2 Å². The van der Waals surface area contributed by atoms with Gasteiger partial charge in [0.05, 0.1) is 0 Å². The minimum Gasteiger partial charge on any atom is -0.289 e. The summed E-state index contributed by atoms with van der Waals surface area (Å²) in [5.41, 5.74) is 5.58. The van der Waals surface area contributed by atoms with Crippen molar-refractivity contribution in [3.05, 3.63) is 89.5 Å². The fraction of sp³-hybridized carbons (Fsp3) is 0.0952. The third-order valence-corrected chi connectivity index (χ3v) is 5.06. The largest absolute Gasteiger partial charge is 1.00 e. The standard InChI is InChI=1S/C21H19OP.Li/c1-15-7-6-8-16(2)20(15)21(22)23-19-13-11-18(12-14-19)17-9-4-3-5-10-17;/h3-14,23H,1-2H3;/q;+1. The molecule has 0 fully saturated rings. The van der Waals surface area contributed by atoms with Gasteiger partial charge in [-0.15, -0.1) is 0 Å². The molecular weight excluding hydrogens is 306 g/mol. The molecule has 0 spiro atoms. The summed E-state index contributed by atoms with van der Waals surface area (Å²) in [4.78, 5) is 12.6. The molecule has 0 aliphatic heterocycles. The van der Waals surface area contributed by atoms with Crippen LogP contribution >= 0.6 is 8.58 Å². The van der Waals surface area contributed by atoms with Crippen molar-refractivity contribution in [2.24, 2.45) is 0 Å². The molecular formula is C21H19LiOP+. The maximum atomic E-state index is 12.6. The van der Waals surface area contributed by atoms with Gasteiger partial charge in [-0.2, -0.15) is 0 Å². The van der Waals surface area contributed by atoms with E-state index in [1.165, 1.54) is 11.1 Å². The van der Waals surface area contributed by atoms with E-state index < -0.39 is 0 Å². The molecule has 0 bridgehead atoms. The van der Waals surface area contributed by atoms with Crippen molar-refractivity contribution in [3.8, 4) is 11.1 Å². The first-order valence-electron chi connectivity index (χ1n) is 7.68. The molecule has 114 valence electrons. The number of hydrogen-bond acceptors (Lipinski definition) is 1. The van der Waals surface area contributed by atoms with Crippen LogP contribution in [0, 0.1) is 13.8 Å². The summed E-state index contributed by atoms with van der Waals surface area (Å²) in [6.07, 6.45) is 0. The first-order chi connectivity index (χ1) is 11.1. The Balaban J connectivity index is 0.00000208. The van der Waals surface area contributed by atoms with Gasteiger partial charge < -0.3 is 0 Å². The van der Waals surface area contributed by atoms with Gasteiger partial charge in [0.2, 0.25) is 0 Å². The Labute approximate surface area is 157 Å². The number of carbonyl (C=O) groups is 1. The van der Waals surface area contributed by atoms with Gasteiger partial charge in [-0.05, 0) is 50.0 Å². The van der Waals surface area contributed by atoms with Crippen molar-refractivity contribution in [1.82, 2.24) is 0 Å². The number of rotatable bonds is 4. The molecule has 3 heteroatoms. The van der Waals surface area contributed by atoms with E-state index in [0.717, 1.165) is 22.0 Å². The zero-order valence-corrected chi connectivity index (χ0v) is 15.3. The summed E-state index contributed by atoms with van der Waals surface area (Å²) in [6.45, 7) is 4.01. The van der Waals surface area contributed by atoms with Gasteiger partial charge in [-0.3, -0.25) is 4.79 Å². The number of benzene rings is 3. The van der Waals surface area contributed by atoms with E-state index in [2.05, 4.69) is 36.4 Å². The van der Waals surface area contributed by atoms with Crippen LogP contribution in [0.15, 0.2) is 72.8 Å². The zero-order valence-electron chi connectivity index (χ0n) is 14.3. The Hall–Kier alpha value is -1.64. The number of hydrogen-bond donors (Lipinski definition) is 0. The van der Waals surface area contributed by atoms with Gasteiger partial charge in [-0.1, -0.05) is 72.8 Å². The van der Waals surface area contributed by atoms with Crippen LogP contribution in [-0.2, 0) is 0 Å². The Morgan fingerprint density at radius 1 is 0.708 bits per heavy atom. The molecule has 0 saturated heterocycles. The van der Waals surface area contributed by atoms with Crippen molar-refractivity contribution in [1.29, 1.82) is 0 Å². The molecule has 0 aromatic heterocycles. The first-order valence-corrected chi connectivity index (χ1v) is 8.68. The van der Waals surface area contributed by atoms with Crippen LogP contribution in [0.3, 0.4) is 0 Å². The van der Waals surface area contributed by atoms with Crippen molar-refractivity contribution < 1.29 is 23.7 Å². The molecule has 1 nitrogen and oxygen atoms in total. The van der Waals surface area contributed by atoms with Crippen molar-refractivity contribution in [2.75, 3.05) is 0 Å². The van der Waals surface area contributed by atoms with Gasteiger partial charge in [0, 0.05) is 5.56 Å². The molecule has 24 heavy (non-hydrogen) atoms. The van der Waals surface area contributed by atoms with Gasteiger partial charge >= 0.3 is 18.9 Å². The predicted octanol–water partition coefficient (Wildman–Crippen LogP) is 2.12. The summed E-state index contributed by atoms with van der Waals surface area (Å²) in [5, 5.41) is 1.08. The smallest absolute Gasteiger partial charge is 0.289 e. The second-order valence-corrected chi connectivity index (χ2v) is 6.95. The van der Waals surface area contributed by atoms with Crippen LogP contribution in [0.1, 0.15) is 21.5 Å². The van der Waals surface area contributed by atoms with Crippen LogP contribution in [0.4, 0.5) is 0 Å². The maximum absolute atomic E-state index is 12.6. The van der Waals surface area contributed by atoms with Crippen LogP contribution in [-0.4, -0.2) is 5.52 Å². The summed E-state index contributed by atoms with van der Waals surface area (Å²) in [5.74, 6) is 0. The molecule has 3 aromatic carbocycles. The SMILES string of the molecule is Cc1cccc(C)c1C(=O)Pc1ccc(-c2ccccc2)cc1.[Li+]. The Morgan fingerprint density at radius 3 is 1.83 bits per heavy atom. The average molecular weight is 325 g/mol. The quantitative estimate of drug-likeness (QED) is 0.530. The van der Waals surface area contributed by atoms with Gasteiger partial charge in [0.25, 0.3) is 0 Å². The topological polar surface area (TPSA) is 17.1 Å². The van der Waals surface area contributed by atoms with E-state index in [1.54, 1.807) is 0 Å². The number of carbonyl (C=O) groups excluding carboxylic acids is 1. The molecule has 0 saturated carbocycles. The average Bonchev–Trinajstić information content (AvgIpc) is 2.56. The molecule has 3 rings (SSSR count). The molecule has 0 heterocycles. The summed E-state index contributed by atoms with van der Waals surface area (Å²) >= 11 is 0. The van der Waals surface area contributed by atoms with Crippen LogP contribution in [0.5, 0.6) is 0 Å². The molecule has 0 radical (unpaired) electrons. The Kier molecular flexibility index (Phi) is 6.58. The normalized spacial score (nSPS) is 10.6. The molecule has 0 amide bonds. The predicted molar refractivity (Wildman–Crippen MR) is 100 cm³/mol. The summed E-state index contributed by atoms with van der Waals surface area (Å²) in [6, 6.07) is 24.6. The fourth-order valence-electron chi connectivity index (χ4n) is 2.74. The van der Waals surface area contributed by atoms with Crippen molar-refractivity contribution >= 4 is 19.4 Å². The van der Waals surface area contributed by atoms with Crippen LogP contribution < -0.4 is 24.2 Å². The van der Waals surface area contributed by atoms with Crippen LogP contribution in [0.25, 0.3) is 11.1 Å². The second kappa shape index (κ2) is 8.45. The van der Waals surface area contributed by atoms with Gasteiger partial charge in [0.15, 0.2) is 5.52 Å². The first kappa shape index (κ1) is 18.7. The molecule has 0 aliphatic carbocycles. The second-order valence-electron chi connectivity index (χ2n) is 5.66. The Morgan fingerprint density at radius 2 is 1.25 bits per heavy atom. The zero-order chi connectivity index (χ0) is 16.2. The van der Waals surface area contributed by atoms with Gasteiger partial charge in [-0.25, -0.2) is 0 Å². The van der Waals surface area contributed by atoms with E-state index in [4.69, 9.17) is 0 Å². The Bertz CT molecular complexity index is 806. The van der Waals surface area contributed by atoms with E-state index in [0.29, 0.717) is 0 Å². The molecule has 0 aliphatic rings. The molecule has 3 aromatic rings. The van der Waals surface area contributed by atoms with E-state index in [9.17, 15) is 4.79 Å². The summed E-state index contributed by atoms with van der Waals surface area (Å²) in [7, 11) is 0.164. The van der Waals surface area contributed by atoms with Crippen molar-refractivity contribution in [2.45, 2.75) is 13.8 Å². The minimum atomic E-state index is 0. The van der Waals surface area contributed by atoms with E-state index >= 15 is 0 Å². The third kappa shape index (κ3) is 4.25. The molecule has 1 unspecified atom stereocenters. The number of aryl methyl sites for hydroxylation is 2. The maximum Gasteiger partial charge on any atom is 1.00 e. The monoisotopic (exact) mass is 325 g/mol. The van der Waals surface area contributed by atoms with Gasteiger partial charge in [0.1, 0.15) is 0 Å². The van der Waals surface area contributed by atoms with Crippen molar-refractivity contribution in [3.63, 3.8) is 0 Å². The van der Waals surface area contributed by atoms with E-state index in [-0.39, 0.29) is 33.0 Å². The molecule has 0 N–H and O–H groups in total. The third-order valence-electron chi connectivity index (χ3n) is 3.96. The fourth-order valence-corrected chi connectivity index (χ4v) is 3.86. The summed E-state index contributed by atoms with van der Waals surface area (Å²) < 4.78 is 0.